The second kappa shape index (κ2) is 12.2. The Balaban J connectivity index is 1.41. The molecule has 0 atom stereocenters. The number of rotatable bonds is 6. The van der Waals surface area contributed by atoms with E-state index in [4.69, 9.17) is 0 Å². The first-order valence-electron chi connectivity index (χ1n) is 14.1. The summed E-state index contributed by atoms with van der Waals surface area (Å²) >= 11 is 0. The summed E-state index contributed by atoms with van der Waals surface area (Å²) < 4.78 is 215. The lowest BCUT2D eigenvalue weighted by atomic mass is 9.98. The van der Waals surface area contributed by atoms with Crippen molar-refractivity contribution >= 4 is 10.2 Å². The predicted octanol–water partition coefficient (Wildman–Crippen LogP) is 12.9. The van der Waals surface area contributed by atoms with Crippen LogP contribution in [0.2, 0.25) is 0 Å². The van der Waals surface area contributed by atoms with E-state index in [0.717, 1.165) is 18.2 Å². The number of alkyl halides is 2. The maximum atomic E-state index is 15.1. The zero-order valence-corrected chi connectivity index (χ0v) is 26.7. The molecule has 17 heteroatoms. The van der Waals surface area contributed by atoms with Gasteiger partial charge in [-0.25, -0.2) is 35.1 Å². The second-order valence-electron chi connectivity index (χ2n) is 11.3. The van der Waals surface area contributed by atoms with Crippen LogP contribution < -0.4 is 4.74 Å². The van der Waals surface area contributed by atoms with Crippen molar-refractivity contribution in [2.24, 2.45) is 0 Å². The number of aryl methyl sites for hydroxylation is 2. The van der Waals surface area contributed by atoms with Crippen LogP contribution in [-0.4, -0.2) is 0 Å². The zero-order chi connectivity index (χ0) is 38.8. The molecule has 0 amide bonds. The molecule has 0 radical (unpaired) electrons. The summed E-state index contributed by atoms with van der Waals surface area (Å²) in [5.41, 5.74) is -5.55. The highest BCUT2D eigenvalue weighted by Crippen LogP contribution is 3.02. The van der Waals surface area contributed by atoms with Gasteiger partial charge in [-0.2, -0.15) is 8.78 Å². The van der Waals surface area contributed by atoms with E-state index in [9.17, 15) is 54.6 Å². The van der Waals surface area contributed by atoms with Crippen LogP contribution in [0.25, 0.3) is 22.3 Å². The second-order valence-corrected chi connectivity index (χ2v) is 13.7. The molecule has 5 aromatic carbocycles. The molecule has 0 heterocycles. The van der Waals surface area contributed by atoms with Crippen molar-refractivity contribution in [2.45, 2.75) is 24.9 Å². The van der Waals surface area contributed by atoms with E-state index in [-0.39, 0.29) is 39.9 Å². The van der Waals surface area contributed by atoms with E-state index in [1.54, 1.807) is 0 Å². The molecule has 0 fully saturated rings. The molecule has 0 saturated carbocycles. The van der Waals surface area contributed by atoms with Gasteiger partial charge in [-0.05, 0) is 96.8 Å². The van der Waals surface area contributed by atoms with Gasteiger partial charge >= 0.3 is 16.3 Å². The zero-order valence-electron chi connectivity index (χ0n) is 25.8. The first kappa shape index (κ1) is 38.0. The van der Waals surface area contributed by atoms with Gasteiger partial charge in [-0.3, -0.25) is 0 Å². The molecular weight excluding hydrogens is 753 g/mol. The van der Waals surface area contributed by atoms with Crippen LogP contribution in [-0.2, 0) is 6.11 Å². The topological polar surface area (TPSA) is 9.23 Å². The third-order valence-corrected chi connectivity index (χ3v) is 8.47. The Hall–Kier alpha value is -5.24. The number of hydrogen-bond donors (Lipinski definition) is 0. The number of hydrogen-bond acceptors (Lipinski definition) is 1. The summed E-state index contributed by atoms with van der Waals surface area (Å²) in [5, 5.41) is 0. The van der Waals surface area contributed by atoms with Crippen molar-refractivity contribution in [1.82, 2.24) is 0 Å². The largest absolute Gasteiger partial charge is 0.432 e. The molecule has 0 unspecified atom stereocenters. The van der Waals surface area contributed by atoms with Gasteiger partial charge in [0.2, 0.25) is 0 Å². The van der Waals surface area contributed by atoms with Crippen LogP contribution in [0.1, 0.15) is 27.8 Å². The summed E-state index contributed by atoms with van der Waals surface area (Å²) in [6.07, 6.45) is -4.57. The van der Waals surface area contributed by atoms with E-state index in [1.807, 2.05) is 0 Å². The normalized spacial score (nSPS) is 13.2. The van der Waals surface area contributed by atoms with Crippen LogP contribution in [0.4, 0.5) is 63.3 Å². The third kappa shape index (κ3) is 7.66. The molecule has 5 rings (SSSR count). The molecule has 0 spiro atoms. The molecule has 0 aliphatic heterocycles. The Morgan fingerprint density at radius 3 is 1.60 bits per heavy atom. The van der Waals surface area contributed by atoms with Crippen molar-refractivity contribution in [2.75, 3.05) is 0 Å². The van der Waals surface area contributed by atoms with Crippen molar-refractivity contribution in [3.63, 3.8) is 0 Å². The SMILES string of the molecule is Cc1cc(F)c(C(F)(F)Oc2ccc(-c3cc(C)c(C#Cc4cc(F)c(-c5cc(F)c(S(F)(F)(F)(F)F)c(F)c5)c(F)c4)c(F)c3)c(F)c2)c(F)c1. The quantitative estimate of drug-likeness (QED) is 0.123. The Bertz CT molecular complexity index is 2270. The van der Waals surface area contributed by atoms with E-state index in [1.165, 1.54) is 19.9 Å². The lowest BCUT2D eigenvalue weighted by Gasteiger charge is -2.40. The lowest BCUT2D eigenvalue weighted by molar-refractivity contribution is -0.189. The average Bonchev–Trinajstić information content (AvgIpc) is 2.93. The minimum absolute atomic E-state index is 0.0132. The van der Waals surface area contributed by atoms with Gasteiger partial charge in [0.15, 0.2) is 4.90 Å². The molecule has 0 saturated heterocycles. The molecule has 0 N–H and O–H groups in total. The van der Waals surface area contributed by atoms with Gasteiger partial charge in [-0.1, -0.05) is 31.3 Å². The van der Waals surface area contributed by atoms with Gasteiger partial charge in [0, 0.05) is 17.2 Å². The molecule has 274 valence electrons. The highest BCUT2D eigenvalue weighted by molar-refractivity contribution is 8.45. The maximum absolute atomic E-state index is 15.1. The van der Waals surface area contributed by atoms with E-state index < -0.39 is 95.8 Å². The number of ether oxygens (including phenoxy) is 1. The van der Waals surface area contributed by atoms with Crippen molar-refractivity contribution < 1.29 is 68.1 Å². The fraction of sp³-hybridized carbons (Fsp3) is 0.0857. The Morgan fingerprint density at radius 1 is 0.558 bits per heavy atom. The monoisotopic (exact) mass is 770 g/mol. The summed E-state index contributed by atoms with van der Waals surface area (Å²) in [4.78, 5) is -3.49. The fourth-order valence-electron chi connectivity index (χ4n) is 5.16. The minimum Gasteiger partial charge on any atom is -0.429 e. The molecule has 0 bridgehead atoms. The summed E-state index contributed by atoms with van der Waals surface area (Å²) in [6.45, 7) is 2.55. The molecule has 5 aromatic rings. The van der Waals surface area contributed by atoms with Crippen LogP contribution in [0.15, 0.2) is 71.6 Å². The first-order valence-corrected chi connectivity index (χ1v) is 16.1. The minimum atomic E-state index is -10.9. The Kier molecular flexibility index (Phi) is 8.90. The van der Waals surface area contributed by atoms with E-state index in [0.29, 0.717) is 30.3 Å². The van der Waals surface area contributed by atoms with Crippen molar-refractivity contribution in [1.29, 1.82) is 0 Å². The van der Waals surface area contributed by atoms with E-state index in [2.05, 4.69) is 16.6 Å². The molecule has 52 heavy (non-hydrogen) atoms. The smallest absolute Gasteiger partial charge is 0.429 e. The third-order valence-electron chi connectivity index (χ3n) is 7.31. The lowest BCUT2D eigenvalue weighted by Crippen LogP contribution is -2.25. The van der Waals surface area contributed by atoms with Gasteiger partial charge < -0.3 is 4.74 Å². The summed E-state index contributed by atoms with van der Waals surface area (Å²) in [6, 6.07) is 5.74. The van der Waals surface area contributed by atoms with Crippen molar-refractivity contribution in [3.8, 4) is 39.8 Å². The molecule has 1 nitrogen and oxygen atoms in total. The predicted molar refractivity (Wildman–Crippen MR) is 161 cm³/mol. The van der Waals surface area contributed by atoms with Crippen LogP contribution in [0.3, 0.4) is 0 Å². The Labute approximate surface area is 284 Å². The number of benzene rings is 5. The van der Waals surface area contributed by atoms with Crippen LogP contribution >= 0.6 is 10.2 Å². The molecule has 0 aromatic heterocycles. The van der Waals surface area contributed by atoms with E-state index >= 15 is 8.78 Å². The molecular formula is C35H17F15OS. The maximum Gasteiger partial charge on any atom is 0.432 e. The summed E-state index contributed by atoms with van der Waals surface area (Å²) in [5.74, 6) is -10.8. The number of halogens is 15. The Morgan fingerprint density at radius 2 is 1.10 bits per heavy atom. The highest BCUT2D eigenvalue weighted by Gasteiger charge is 2.69. The highest BCUT2D eigenvalue weighted by atomic mass is 32.5. The van der Waals surface area contributed by atoms with Crippen molar-refractivity contribution in [3.05, 3.63) is 141 Å². The fourth-order valence-corrected chi connectivity index (χ4v) is 6.01. The standard InChI is InChI=1S/C35H17F15OS/c1-16-7-28(40)33(29(41)8-16)35(44,45)51-21-4-6-23(25(37)15-21)19-9-17(2)22(24(36)12-19)5-3-18-10-26(38)32(27(39)11-18)20-13-30(42)34(31(43)14-20)52(46,47,48,49)50/h4,6-15H,1-2H3. The van der Waals surface area contributed by atoms with Gasteiger partial charge in [0.25, 0.3) is 0 Å². The van der Waals surface area contributed by atoms with Gasteiger partial charge in [-0.15, -0.1) is 0 Å². The molecule has 0 aliphatic rings. The summed E-state index contributed by atoms with van der Waals surface area (Å²) in [7, 11) is -10.9. The van der Waals surface area contributed by atoms with Crippen LogP contribution in [0, 0.1) is 72.2 Å². The molecule has 0 aliphatic carbocycles. The average molecular weight is 771 g/mol. The van der Waals surface area contributed by atoms with Gasteiger partial charge in [0.1, 0.15) is 57.9 Å². The van der Waals surface area contributed by atoms with Crippen LogP contribution in [0.5, 0.6) is 5.75 Å². The first-order chi connectivity index (χ1) is 23.7. The van der Waals surface area contributed by atoms with Gasteiger partial charge in [0.05, 0.1) is 11.1 Å².